The van der Waals surface area contributed by atoms with Gasteiger partial charge in [0.1, 0.15) is 0 Å². The Kier molecular flexibility index (Phi) is 3.73. The van der Waals surface area contributed by atoms with E-state index < -0.39 is 0 Å². The van der Waals surface area contributed by atoms with E-state index >= 15 is 0 Å². The fourth-order valence-corrected chi connectivity index (χ4v) is 1.74. The van der Waals surface area contributed by atoms with Crippen LogP contribution in [0.3, 0.4) is 0 Å². The van der Waals surface area contributed by atoms with Gasteiger partial charge >= 0.3 is 0 Å². The smallest absolute Gasteiger partial charge is 0.251 e. The lowest BCUT2D eigenvalue weighted by molar-refractivity contribution is 0.0952. The Labute approximate surface area is 107 Å². The van der Waals surface area contributed by atoms with Crippen LogP contribution in [0.1, 0.15) is 29.6 Å². The van der Waals surface area contributed by atoms with Crippen LogP contribution in [0.15, 0.2) is 40.6 Å². The van der Waals surface area contributed by atoms with Gasteiger partial charge < -0.3 is 5.32 Å². The number of hydrogen-bond donors (Lipinski definition) is 1. The second-order valence-electron chi connectivity index (χ2n) is 4.26. The van der Waals surface area contributed by atoms with Crippen molar-refractivity contribution in [1.29, 1.82) is 0 Å². The maximum Gasteiger partial charge on any atom is 0.251 e. The minimum absolute atomic E-state index is 0.0663. The molecule has 1 aliphatic rings. The van der Waals surface area contributed by atoms with Crippen LogP contribution in [-0.4, -0.2) is 18.1 Å². The average molecular weight is 241 g/mol. The van der Waals surface area contributed by atoms with Crippen LogP contribution in [-0.2, 0) is 0 Å². The maximum atomic E-state index is 11.8. The van der Waals surface area contributed by atoms with Gasteiger partial charge in [-0.25, -0.2) is 0 Å². The van der Waals surface area contributed by atoms with Crippen LogP contribution in [0.25, 0.3) is 0 Å². The zero-order valence-electron chi connectivity index (χ0n) is 10.1. The number of nitrogens with zero attached hydrogens (tertiary/aromatic N) is 2. The van der Waals surface area contributed by atoms with Gasteiger partial charge in [-0.3, -0.25) is 4.79 Å². The molecule has 1 aliphatic heterocycles. The fourth-order valence-electron chi connectivity index (χ4n) is 1.74. The Morgan fingerprint density at radius 3 is 2.61 bits per heavy atom. The summed E-state index contributed by atoms with van der Waals surface area (Å²) >= 11 is 0. The van der Waals surface area contributed by atoms with Gasteiger partial charge in [-0.2, -0.15) is 10.2 Å². The normalized spacial score (nSPS) is 14.8. The van der Waals surface area contributed by atoms with E-state index in [1.54, 1.807) is 12.1 Å². The van der Waals surface area contributed by atoms with E-state index in [0.717, 1.165) is 6.42 Å². The minimum Gasteiger partial charge on any atom is -0.352 e. The molecule has 0 radical (unpaired) electrons. The molecule has 0 aromatic heterocycles. The van der Waals surface area contributed by atoms with E-state index in [1.807, 2.05) is 18.2 Å². The van der Waals surface area contributed by atoms with Crippen molar-refractivity contribution in [3.8, 4) is 12.3 Å². The lowest BCUT2D eigenvalue weighted by atomic mass is 10.0. The Balaban J connectivity index is 1.73. The highest BCUT2D eigenvalue weighted by Gasteiger charge is 2.38. The highest BCUT2D eigenvalue weighted by atomic mass is 16.1. The molecule has 0 bridgehead atoms. The number of amides is 1. The van der Waals surface area contributed by atoms with Crippen molar-refractivity contribution in [2.24, 2.45) is 10.2 Å². The Morgan fingerprint density at radius 1 is 1.28 bits per heavy atom. The molecule has 1 aromatic carbocycles. The Morgan fingerprint density at radius 2 is 2.00 bits per heavy atom. The first-order valence-corrected chi connectivity index (χ1v) is 5.96. The number of carbonyl (C=O) groups excluding carboxylic acids is 1. The Bertz CT molecular complexity index is 482. The molecule has 0 unspecified atom stereocenters. The third-order valence-corrected chi connectivity index (χ3v) is 2.90. The monoisotopic (exact) mass is 241 g/mol. The first kappa shape index (κ1) is 12.3. The lowest BCUT2D eigenvalue weighted by Gasteiger charge is -2.09. The molecular weight excluding hydrogens is 226 g/mol. The molecule has 18 heavy (non-hydrogen) atoms. The summed E-state index contributed by atoms with van der Waals surface area (Å²) < 4.78 is 0. The quantitative estimate of drug-likeness (QED) is 0.764. The summed E-state index contributed by atoms with van der Waals surface area (Å²) in [5.41, 5.74) is 0.343. The molecule has 1 heterocycles. The number of hydrogen-bond acceptors (Lipinski definition) is 3. The molecule has 0 saturated carbocycles. The molecule has 2 rings (SSSR count). The molecule has 1 amide bonds. The zero-order valence-corrected chi connectivity index (χ0v) is 10.1. The summed E-state index contributed by atoms with van der Waals surface area (Å²) in [6.07, 6.45) is 7.36. The van der Waals surface area contributed by atoms with Crippen LogP contribution in [0.5, 0.6) is 0 Å². The highest BCUT2D eigenvalue weighted by Crippen LogP contribution is 2.35. The number of carbonyl (C=O) groups is 1. The first-order valence-electron chi connectivity index (χ1n) is 5.96. The molecule has 1 aromatic rings. The SMILES string of the molecule is C#CCCC1(CCNC(=O)c2ccccc2)N=N1. The third kappa shape index (κ3) is 3.17. The standard InChI is InChI=1S/C14H15N3O/c1-2-3-9-14(16-17-14)10-11-15-13(18)12-7-5-4-6-8-12/h1,4-8H,3,9-11H2,(H,15,18). The maximum absolute atomic E-state index is 11.8. The van der Waals surface area contributed by atoms with E-state index in [1.165, 1.54) is 0 Å². The molecule has 0 fully saturated rings. The molecule has 0 saturated heterocycles. The van der Waals surface area contributed by atoms with Crippen LogP contribution in [0.2, 0.25) is 0 Å². The minimum atomic E-state index is -0.323. The third-order valence-electron chi connectivity index (χ3n) is 2.90. The van der Waals surface area contributed by atoms with Gasteiger partial charge in [-0.05, 0) is 12.1 Å². The number of nitrogens with one attached hydrogen (secondary N) is 1. The largest absolute Gasteiger partial charge is 0.352 e. The molecular formula is C14H15N3O. The van der Waals surface area contributed by atoms with Gasteiger partial charge in [-0.15, -0.1) is 12.3 Å². The van der Waals surface area contributed by atoms with E-state index in [4.69, 9.17) is 6.42 Å². The van der Waals surface area contributed by atoms with Crippen LogP contribution < -0.4 is 5.32 Å². The second kappa shape index (κ2) is 5.46. The topological polar surface area (TPSA) is 53.8 Å². The van der Waals surface area contributed by atoms with Gasteiger partial charge in [0.05, 0.1) is 0 Å². The van der Waals surface area contributed by atoms with Crippen LogP contribution >= 0.6 is 0 Å². The molecule has 4 heteroatoms. The van der Waals surface area contributed by atoms with Gasteiger partial charge in [0.15, 0.2) is 5.66 Å². The van der Waals surface area contributed by atoms with Gasteiger partial charge in [0.25, 0.3) is 5.91 Å². The number of benzene rings is 1. The van der Waals surface area contributed by atoms with Crippen molar-refractivity contribution in [1.82, 2.24) is 5.32 Å². The summed E-state index contributed by atoms with van der Waals surface area (Å²) in [6.45, 7) is 0.561. The van der Waals surface area contributed by atoms with Crippen molar-refractivity contribution in [2.75, 3.05) is 6.54 Å². The second-order valence-corrected chi connectivity index (χ2v) is 4.26. The highest BCUT2D eigenvalue weighted by molar-refractivity contribution is 5.94. The summed E-state index contributed by atoms with van der Waals surface area (Å²) in [6, 6.07) is 9.14. The van der Waals surface area contributed by atoms with Crippen molar-refractivity contribution in [3.05, 3.63) is 35.9 Å². The van der Waals surface area contributed by atoms with Crippen molar-refractivity contribution in [2.45, 2.75) is 24.9 Å². The van der Waals surface area contributed by atoms with Crippen LogP contribution in [0, 0.1) is 12.3 Å². The fraction of sp³-hybridized carbons (Fsp3) is 0.357. The molecule has 0 atom stereocenters. The first-order chi connectivity index (χ1) is 8.76. The number of terminal acetylenes is 1. The number of rotatable bonds is 6. The summed E-state index contributed by atoms with van der Waals surface area (Å²) in [5, 5.41) is 10.9. The van der Waals surface area contributed by atoms with E-state index in [0.29, 0.717) is 24.9 Å². The van der Waals surface area contributed by atoms with Gasteiger partial charge in [-0.1, -0.05) is 18.2 Å². The molecule has 0 spiro atoms. The van der Waals surface area contributed by atoms with Crippen molar-refractivity contribution in [3.63, 3.8) is 0 Å². The van der Waals surface area contributed by atoms with E-state index in [-0.39, 0.29) is 11.6 Å². The zero-order chi connectivity index (χ0) is 12.8. The molecule has 0 aliphatic carbocycles. The van der Waals surface area contributed by atoms with E-state index in [9.17, 15) is 4.79 Å². The molecule has 1 N–H and O–H groups in total. The van der Waals surface area contributed by atoms with Gasteiger partial charge in [0, 0.05) is 31.4 Å². The predicted molar refractivity (Wildman–Crippen MR) is 69.0 cm³/mol. The van der Waals surface area contributed by atoms with Crippen LogP contribution in [0.4, 0.5) is 0 Å². The summed E-state index contributed by atoms with van der Waals surface area (Å²) in [5.74, 6) is 2.52. The lowest BCUT2D eigenvalue weighted by Crippen LogP contribution is -2.28. The van der Waals surface area contributed by atoms with Crippen molar-refractivity contribution >= 4 is 5.91 Å². The van der Waals surface area contributed by atoms with Gasteiger partial charge in [0.2, 0.25) is 0 Å². The van der Waals surface area contributed by atoms with Crippen molar-refractivity contribution < 1.29 is 4.79 Å². The summed E-state index contributed by atoms with van der Waals surface area (Å²) in [7, 11) is 0. The molecule has 92 valence electrons. The molecule has 4 nitrogen and oxygen atoms in total. The van der Waals surface area contributed by atoms with E-state index in [2.05, 4.69) is 21.5 Å². The summed E-state index contributed by atoms with van der Waals surface area (Å²) in [4.78, 5) is 11.8. The Hall–Kier alpha value is -2.15. The average Bonchev–Trinajstić information content (AvgIpc) is 3.18. The predicted octanol–water partition coefficient (Wildman–Crippen LogP) is 2.38.